The van der Waals surface area contributed by atoms with Gasteiger partial charge in [-0.25, -0.2) is 0 Å². The summed E-state index contributed by atoms with van der Waals surface area (Å²) in [7, 11) is 1.89. The van der Waals surface area contributed by atoms with Crippen LogP contribution in [-0.2, 0) is 11.8 Å². The van der Waals surface area contributed by atoms with Gasteiger partial charge < -0.3 is 9.88 Å². The normalized spacial score (nSPS) is 11.7. The van der Waals surface area contributed by atoms with Crippen LogP contribution in [0.2, 0.25) is 0 Å². The van der Waals surface area contributed by atoms with Crippen molar-refractivity contribution in [2.75, 3.05) is 5.32 Å². The summed E-state index contributed by atoms with van der Waals surface area (Å²) < 4.78 is 2.98. The second-order valence-electron chi connectivity index (χ2n) is 5.09. The maximum atomic E-state index is 12.4. The fourth-order valence-electron chi connectivity index (χ4n) is 2.27. The summed E-state index contributed by atoms with van der Waals surface area (Å²) >= 11 is 1.47. The molecule has 1 aromatic heterocycles. The third-order valence-electron chi connectivity index (χ3n) is 3.34. The lowest BCUT2D eigenvalue weighted by Crippen LogP contribution is -2.13. The molecular weight excluding hydrogens is 310 g/mol. The van der Waals surface area contributed by atoms with Crippen LogP contribution in [0.3, 0.4) is 0 Å². The summed E-state index contributed by atoms with van der Waals surface area (Å²) in [4.78, 5) is 28.4. The zero-order valence-electron chi connectivity index (χ0n) is 12.7. The standard InChI is InChI=1S/C17H15N3O2S/c1-11(21)18-13-7-5-6-12(10-13)16(22)19-17-20(2)14-8-3-4-9-15(14)23-17/h3-10H,1-2H3,(H,18,21). The first kappa shape index (κ1) is 15.2. The van der Waals surface area contributed by atoms with E-state index in [4.69, 9.17) is 0 Å². The van der Waals surface area contributed by atoms with Crippen molar-refractivity contribution in [3.63, 3.8) is 0 Å². The highest BCUT2D eigenvalue weighted by molar-refractivity contribution is 7.16. The summed E-state index contributed by atoms with van der Waals surface area (Å²) in [5.41, 5.74) is 2.06. The van der Waals surface area contributed by atoms with Crippen molar-refractivity contribution in [2.45, 2.75) is 6.92 Å². The first-order chi connectivity index (χ1) is 11.0. The number of carbonyl (C=O) groups is 2. The molecule has 0 radical (unpaired) electrons. The van der Waals surface area contributed by atoms with E-state index in [1.54, 1.807) is 24.3 Å². The molecule has 0 spiro atoms. The maximum Gasteiger partial charge on any atom is 0.279 e. The topological polar surface area (TPSA) is 63.5 Å². The SMILES string of the molecule is CC(=O)Nc1cccc(C(=O)N=c2sc3ccccc3n2C)c1. The Hall–Kier alpha value is -2.73. The van der Waals surface area contributed by atoms with Crippen molar-refractivity contribution >= 4 is 39.1 Å². The van der Waals surface area contributed by atoms with Gasteiger partial charge in [0.2, 0.25) is 5.91 Å². The number of rotatable bonds is 2. The molecule has 6 heteroatoms. The van der Waals surface area contributed by atoms with Gasteiger partial charge in [-0.3, -0.25) is 9.59 Å². The van der Waals surface area contributed by atoms with Crippen molar-refractivity contribution in [3.05, 3.63) is 58.9 Å². The fraction of sp³-hybridized carbons (Fsp3) is 0.118. The second kappa shape index (κ2) is 6.18. The van der Waals surface area contributed by atoms with Crippen LogP contribution >= 0.6 is 11.3 Å². The highest BCUT2D eigenvalue weighted by Crippen LogP contribution is 2.16. The Morgan fingerprint density at radius 1 is 1.13 bits per heavy atom. The summed E-state index contributed by atoms with van der Waals surface area (Å²) in [5, 5.41) is 2.66. The molecule has 23 heavy (non-hydrogen) atoms. The van der Waals surface area contributed by atoms with E-state index in [2.05, 4.69) is 10.3 Å². The van der Waals surface area contributed by atoms with E-state index in [1.165, 1.54) is 18.3 Å². The van der Waals surface area contributed by atoms with Crippen molar-refractivity contribution in [1.29, 1.82) is 0 Å². The molecule has 5 nitrogen and oxygen atoms in total. The van der Waals surface area contributed by atoms with Crippen molar-refractivity contribution in [2.24, 2.45) is 12.0 Å². The number of hydrogen-bond acceptors (Lipinski definition) is 3. The number of aryl methyl sites for hydroxylation is 1. The molecule has 2 amide bonds. The first-order valence-electron chi connectivity index (χ1n) is 7.06. The predicted octanol–water partition coefficient (Wildman–Crippen LogP) is 2.94. The van der Waals surface area contributed by atoms with Crippen LogP contribution in [0, 0.1) is 0 Å². The molecule has 0 saturated carbocycles. The average molecular weight is 325 g/mol. The molecule has 0 aliphatic heterocycles. The molecule has 0 aliphatic rings. The van der Waals surface area contributed by atoms with Gasteiger partial charge in [-0.1, -0.05) is 29.5 Å². The minimum absolute atomic E-state index is 0.178. The van der Waals surface area contributed by atoms with Crippen molar-refractivity contribution in [3.8, 4) is 0 Å². The van der Waals surface area contributed by atoms with E-state index in [0.29, 0.717) is 16.1 Å². The van der Waals surface area contributed by atoms with Gasteiger partial charge in [0.05, 0.1) is 10.2 Å². The van der Waals surface area contributed by atoms with Crippen molar-refractivity contribution in [1.82, 2.24) is 4.57 Å². The molecule has 0 atom stereocenters. The molecule has 0 saturated heterocycles. The molecule has 0 fully saturated rings. The van der Waals surface area contributed by atoms with E-state index in [1.807, 2.05) is 35.9 Å². The molecule has 1 N–H and O–H groups in total. The molecule has 0 unspecified atom stereocenters. The van der Waals surface area contributed by atoms with Gasteiger partial charge in [0.25, 0.3) is 5.91 Å². The summed E-state index contributed by atoms with van der Waals surface area (Å²) in [6.07, 6.45) is 0. The van der Waals surface area contributed by atoms with Gasteiger partial charge in [0, 0.05) is 25.2 Å². The molecule has 3 aromatic rings. The number of nitrogens with one attached hydrogen (secondary N) is 1. The van der Waals surface area contributed by atoms with Crippen LogP contribution in [0.1, 0.15) is 17.3 Å². The van der Waals surface area contributed by atoms with Gasteiger partial charge in [0.1, 0.15) is 0 Å². The number of benzene rings is 2. The third-order valence-corrected chi connectivity index (χ3v) is 4.45. The van der Waals surface area contributed by atoms with E-state index < -0.39 is 0 Å². The van der Waals surface area contributed by atoms with Crippen LogP contribution in [0.15, 0.2) is 53.5 Å². The lowest BCUT2D eigenvalue weighted by Gasteiger charge is -2.02. The summed E-state index contributed by atoms with van der Waals surface area (Å²) in [5.74, 6) is -0.512. The molecule has 3 rings (SSSR count). The number of aromatic nitrogens is 1. The van der Waals surface area contributed by atoms with E-state index >= 15 is 0 Å². The van der Waals surface area contributed by atoms with Crippen LogP contribution in [0.5, 0.6) is 0 Å². The quantitative estimate of drug-likeness (QED) is 0.787. The highest BCUT2D eigenvalue weighted by atomic mass is 32.1. The number of anilines is 1. The van der Waals surface area contributed by atoms with Crippen LogP contribution in [0.25, 0.3) is 10.2 Å². The van der Waals surface area contributed by atoms with Gasteiger partial charge in [-0.15, -0.1) is 0 Å². The predicted molar refractivity (Wildman–Crippen MR) is 91.4 cm³/mol. The molecule has 2 aromatic carbocycles. The monoisotopic (exact) mass is 325 g/mol. The Balaban J connectivity index is 1.99. The number of hydrogen-bond donors (Lipinski definition) is 1. The molecule has 0 bridgehead atoms. The number of para-hydroxylation sites is 1. The van der Waals surface area contributed by atoms with Gasteiger partial charge in [-0.2, -0.15) is 4.99 Å². The lowest BCUT2D eigenvalue weighted by atomic mass is 10.2. The summed E-state index contributed by atoms with van der Waals surface area (Å²) in [6.45, 7) is 1.43. The van der Waals surface area contributed by atoms with Crippen LogP contribution in [0.4, 0.5) is 5.69 Å². The second-order valence-corrected chi connectivity index (χ2v) is 6.10. The number of nitrogens with zero attached hydrogens (tertiary/aromatic N) is 2. The fourth-order valence-corrected chi connectivity index (χ4v) is 3.29. The molecule has 1 heterocycles. The molecule has 0 aliphatic carbocycles. The van der Waals surface area contributed by atoms with Gasteiger partial charge in [0.15, 0.2) is 4.80 Å². The number of amides is 2. The number of thiazole rings is 1. The minimum Gasteiger partial charge on any atom is -0.326 e. The Kier molecular flexibility index (Phi) is 4.08. The molecular formula is C17H15N3O2S. The number of fused-ring (bicyclic) bond motifs is 1. The van der Waals surface area contributed by atoms with E-state index in [0.717, 1.165) is 10.2 Å². The average Bonchev–Trinajstić information content (AvgIpc) is 2.83. The van der Waals surface area contributed by atoms with Gasteiger partial charge >= 0.3 is 0 Å². The van der Waals surface area contributed by atoms with Crippen molar-refractivity contribution < 1.29 is 9.59 Å². The maximum absolute atomic E-state index is 12.4. The minimum atomic E-state index is -0.334. The lowest BCUT2D eigenvalue weighted by molar-refractivity contribution is -0.114. The molecule has 116 valence electrons. The van der Waals surface area contributed by atoms with Crippen LogP contribution in [-0.4, -0.2) is 16.4 Å². The van der Waals surface area contributed by atoms with E-state index in [-0.39, 0.29) is 11.8 Å². The van der Waals surface area contributed by atoms with E-state index in [9.17, 15) is 9.59 Å². The largest absolute Gasteiger partial charge is 0.326 e. The first-order valence-corrected chi connectivity index (χ1v) is 7.87. The van der Waals surface area contributed by atoms with Crippen LogP contribution < -0.4 is 10.1 Å². The zero-order valence-corrected chi connectivity index (χ0v) is 13.6. The smallest absolute Gasteiger partial charge is 0.279 e. The zero-order chi connectivity index (χ0) is 16.4. The Bertz CT molecular complexity index is 969. The Morgan fingerprint density at radius 2 is 1.91 bits per heavy atom. The highest BCUT2D eigenvalue weighted by Gasteiger charge is 2.08. The summed E-state index contributed by atoms with van der Waals surface area (Å²) in [6, 6.07) is 14.7. The third kappa shape index (κ3) is 3.22. The number of carbonyl (C=O) groups excluding carboxylic acids is 2. The Labute approximate surface area is 136 Å². The Morgan fingerprint density at radius 3 is 2.65 bits per heavy atom. The van der Waals surface area contributed by atoms with Gasteiger partial charge in [-0.05, 0) is 30.3 Å².